The largest absolute Gasteiger partial charge is 0.493 e. The van der Waals surface area contributed by atoms with Gasteiger partial charge in [0.05, 0.1) is 19.4 Å². The lowest BCUT2D eigenvalue weighted by molar-refractivity contribution is -0.170. The minimum Gasteiger partial charge on any atom is -0.493 e. The molecule has 0 unspecified atom stereocenters. The molecule has 0 aromatic heterocycles. The fourth-order valence-corrected chi connectivity index (χ4v) is 4.21. The number of nitrogens with zero attached hydrogens (tertiary/aromatic N) is 1. The highest BCUT2D eigenvalue weighted by Gasteiger charge is 2.40. The second-order valence-corrected chi connectivity index (χ2v) is 9.61. The summed E-state index contributed by atoms with van der Waals surface area (Å²) in [5, 5.41) is 33.8. The molecule has 1 aliphatic heterocycles. The maximum atomic E-state index is 10.3. The fourth-order valence-electron chi connectivity index (χ4n) is 4.21. The molecule has 1 aliphatic rings. The third-order valence-electron chi connectivity index (χ3n) is 6.24. The number of rotatable bonds is 11. The summed E-state index contributed by atoms with van der Waals surface area (Å²) < 4.78 is 5.58. The molecule has 0 spiro atoms. The third kappa shape index (κ3) is 9.07. The number of benzene rings is 3. The lowest BCUT2D eigenvalue weighted by Crippen LogP contribution is -2.42. The van der Waals surface area contributed by atoms with Crippen LogP contribution in [0.15, 0.2) is 78.9 Å². The molecule has 0 aliphatic carbocycles. The molecular formula is C31H33NO8. The lowest BCUT2D eigenvalue weighted by Gasteiger charge is -2.18. The number of hydrogen-bond acceptors (Lipinski definition) is 6. The van der Waals surface area contributed by atoms with Crippen LogP contribution in [0.2, 0.25) is 0 Å². The summed E-state index contributed by atoms with van der Waals surface area (Å²) in [4.78, 5) is 32.8. The van der Waals surface area contributed by atoms with Crippen molar-refractivity contribution in [1.82, 2.24) is 4.90 Å². The molecule has 0 saturated heterocycles. The zero-order valence-electron chi connectivity index (χ0n) is 22.2. The van der Waals surface area contributed by atoms with Crippen molar-refractivity contribution in [3.8, 4) is 16.9 Å². The van der Waals surface area contributed by atoms with Crippen molar-refractivity contribution in [2.24, 2.45) is 0 Å². The summed E-state index contributed by atoms with van der Waals surface area (Å²) in [6.07, 6.45) is 3.17. The number of carbonyl (C=O) groups is 3. The van der Waals surface area contributed by atoms with Gasteiger partial charge in [-0.2, -0.15) is 0 Å². The van der Waals surface area contributed by atoms with Gasteiger partial charge >= 0.3 is 17.9 Å². The van der Waals surface area contributed by atoms with Crippen LogP contribution < -0.4 is 4.74 Å². The molecule has 0 fully saturated rings. The summed E-state index contributed by atoms with van der Waals surface area (Å²) in [5.74, 6) is -3.96. The monoisotopic (exact) mass is 547 g/mol. The van der Waals surface area contributed by atoms with Gasteiger partial charge in [0.15, 0.2) is 5.60 Å². The van der Waals surface area contributed by atoms with E-state index in [1.54, 1.807) is 0 Å². The molecule has 0 bridgehead atoms. The number of hydrogen-bond donors (Lipinski definition) is 4. The highest BCUT2D eigenvalue weighted by atomic mass is 16.5. The minimum atomic E-state index is -2.74. The number of carboxylic acid groups (broad SMARTS) is 3. The molecule has 3 aromatic carbocycles. The minimum absolute atomic E-state index is 0.820. The number of aliphatic carboxylic acids is 3. The van der Waals surface area contributed by atoms with Crippen molar-refractivity contribution in [3.05, 3.63) is 95.6 Å². The fraction of sp³-hybridized carbons (Fsp3) is 0.258. The van der Waals surface area contributed by atoms with Crippen molar-refractivity contribution < 1.29 is 39.5 Å². The average molecular weight is 548 g/mol. The molecule has 0 amide bonds. The van der Waals surface area contributed by atoms with Crippen molar-refractivity contribution in [1.29, 1.82) is 0 Å². The Balaban J connectivity index is 0.000000289. The molecule has 3 aromatic rings. The smallest absolute Gasteiger partial charge is 0.336 e. The second-order valence-electron chi connectivity index (χ2n) is 9.61. The summed E-state index contributed by atoms with van der Waals surface area (Å²) in [6, 6.07) is 25.8. The Morgan fingerprint density at radius 2 is 1.52 bits per heavy atom. The number of aliphatic hydroxyl groups is 1. The van der Waals surface area contributed by atoms with Crippen LogP contribution in [-0.4, -0.2) is 69.0 Å². The Morgan fingerprint density at radius 3 is 2.12 bits per heavy atom. The standard InChI is InChI=1S/C25H25NO.C6H8O7/c1-26(19-21-11-14-25-24(18-21)15-17-27-25)16-5-6-20-9-12-23(13-10-20)22-7-3-2-4-8-22;7-3(8)1-6(13,5(11)12)2-4(9)10/h2-14,18H,15-17,19H2,1H3;13H,1-2H2,(H,7,8)(H,9,10)(H,11,12)/b6-5+;. The van der Waals surface area contributed by atoms with Crippen molar-refractivity contribution >= 4 is 24.0 Å². The summed E-state index contributed by atoms with van der Waals surface area (Å²) in [7, 11) is 2.16. The van der Waals surface area contributed by atoms with Gasteiger partial charge in [0.1, 0.15) is 5.75 Å². The Morgan fingerprint density at radius 1 is 0.900 bits per heavy atom. The topological polar surface area (TPSA) is 145 Å². The zero-order chi connectivity index (χ0) is 29.1. The Kier molecular flexibility index (Phi) is 10.6. The summed E-state index contributed by atoms with van der Waals surface area (Å²) in [5.41, 5.74) is 3.70. The maximum absolute atomic E-state index is 10.3. The predicted molar refractivity (Wildman–Crippen MR) is 150 cm³/mol. The van der Waals surface area contributed by atoms with Gasteiger partial charge in [-0.25, -0.2) is 4.79 Å². The van der Waals surface area contributed by atoms with E-state index in [9.17, 15) is 14.4 Å². The molecule has 0 atom stereocenters. The number of ether oxygens (including phenoxy) is 1. The molecule has 4 rings (SSSR count). The molecule has 9 nitrogen and oxygen atoms in total. The first kappa shape index (κ1) is 30.1. The van der Waals surface area contributed by atoms with Crippen LogP contribution in [0.1, 0.15) is 29.5 Å². The van der Waals surface area contributed by atoms with Gasteiger partial charge in [-0.1, -0.05) is 78.9 Å². The van der Waals surface area contributed by atoms with E-state index in [-0.39, 0.29) is 0 Å². The number of fused-ring (bicyclic) bond motifs is 1. The highest BCUT2D eigenvalue weighted by Crippen LogP contribution is 2.26. The highest BCUT2D eigenvalue weighted by molar-refractivity contribution is 5.88. The molecule has 0 saturated carbocycles. The van der Waals surface area contributed by atoms with E-state index in [0.29, 0.717) is 0 Å². The van der Waals surface area contributed by atoms with Crippen LogP contribution in [0.25, 0.3) is 17.2 Å². The van der Waals surface area contributed by atoms with Crippen molar-refractivity contribution in [2.45, 2.75) is 31.4 Å². The van der Waals surface area contributed by atoms with Gasteiger partial charge < -0.3 is 25.2 Å². The molecule has 0 radical (unpaired) electrons. The van der Waals surface area contributed by atoms with Gasteiger partial charge in [0.25, 0.3) is 0 Å². The molecule has 4 N–H and O–H groups in total. The number of likely N-dealkylation sites (N-methyl/N-ethyl adjacent to an activating group) is 1. The van der Waals surface area contributed by atoms with Gasteiger partial charge in [0, 0.05) is 19.5 Å². The quantitative estimate of drug-likeness (QED) is 0.278. The summed E-state index contributed by atoms with van der Waals surface area (Å²) in [6.45, 7) is 2.69. The van der Waals surface area contributed by atoms with E-state index in [1.807, 2.05) is 6.07 Å². The van der Waals surface area contributed by atoms with Crippen LogP contribution in [0.5, 0.6) is 5.75 Å². The zero-order valence-corrected chi connectivity index (χ0v) is 22.2. The average Bonchev–Trinajstić information content (AvgIpc) is 3.37. The van der Waals surface area contributed by atoms with Crippen LogP contribution in [0.3, 0.4) is 0 Å². The van der Waals surface area contributed by atoms with E-state index < -0.39 is 36.4 Å². The molecular weight excluding hydrogens is 514 g/mol. The first-order valence-corrected chi connectivity index (χ1v) is 12.7. The van der Waals surface area contributed by atoms with Gasteiger partial charge in [0.2, 0.25) is 0 Å². The molecule has 40 heavy (non-hydrogen) atoms. The second kappa shape index (κ2) is 14.1. The summed E-state index contributed by atoms with van der Waals surface area (Å²) >= 11 is 0. The van der Waals surface area contributed by atoms with Gasteiger partial charge in [-0.15, -0.1) is 0 Å². The third-order valence-corrected chi connectivity index (χ3v) is 6.24. The van der Waals surface area contributed by atoms with Crippen LogP contribution in [0.4, 0.5) is 0 Å². The van der Waals surface area contributed by atoms with Crippen molar-refractivity contribution in [2.75, 3.05) is 20.2 Å². The van der Waals surface area contributed by atoms with E-state index in [1.165, 1.54) is 27.8 Å². The van der Waals surface area contributed by atoms with E-state index in [4.69, 9.17) is 25.2 Å². The normalized spacial score (nSPS) is 12.4. The van der Waals surface area contributed by atoms with Crippen LogP contribution >= 0.6 is 0 Å². The van der Waals surface area contributed by atoms with E-state index >= 15 is 0 Å². The Labute approximate surface area is 232 Å². The lowest BCUT2D eigenvalue weighted by atomic mass is 9.96. The van der Waals surface area contributed by atoms with Gasteiger partial charge in [-0.3, -0.25) is 14.5 Å². The molecule has 9 heteroatoms. The van der Waals surface area contributed by atoms with Crippen molar-refractivity contribution in [3.63, 3.8) is 0 Å². The van der Waals surface area contributed by atoms with E-state index in [0.717, 1.165) is 31.9 Å². The predicted octanol–water partition coefficient (Wildman–Crippen LogP) is 4.19. The van der Waals surface area contributed by atoms with Gasteiger partial charge in [-0.05, 0) is 40.9 Å². The number of carboxylic acids is 3. The SMILES string of the molecule is CN(C/C=C/c1ccc(-c2ccccc2)cc1)Cc1ccc2c(c1)CCO2.O=C(O)CC(O)(CC(=O)O)C(=O)O. The maximum Gasteiger partial charge on any atom is 0.336 e. The first-order chi connectivity index (χ1) is 19.1. The first-order valence-electron chi connectivity index (χ1n) is 12.7. The Hall–Kier alpha value is -4.47. The van der Waals surface area contributed by atoms with Crippen LogP contribution in [-0.2, 0) is 27.3 Å². The Bertz CT molecular complexity index is 1320. The molecule has 210 valence electrons. The van der Waals surface area contributed by atoms with Crippen LogP contribution in [0, 0.1) is 0 Å². The van der Waals surface area contributed by atoms with E-state index in [2.05, 4.69) is 90.8 Å². The molecule has 1 heterocycles.